The summed E-state index contributed by atoms with van der Waals surface area (Å²) in [5.41, 5.74) is 0.371. The van der Waals surface area contributed by atoms with E-state index in [0.29, 0.717) is 40.6 Å². The normalized spacial score (nSPS) is 12.2. The lowest BCUT2D eigenvalue weighted by Crippen LogP contribution is -2.14. The minimum Gasteiger partial charge on any atom is -0.478 e. The highest BCUT2D eigenvalue weighted by Gasteiger charge is 2.30. The van der Waals surface area contributed by atoms with E-state index in [1.54, 1.807) is 12.1 Å². The van der Waals surface area contributed by atoms with Gasteiger partial charge in [-0.1, -0.05) is 19.1 Å². The zero-order valence-electron chi connectivity index (χ0n) is 16.0. The molecule has 7 nitrogen and oxygen atoms in total. The summed E-state index contributed by atoms with van der Waals surface area (Å²) in [6.07, 6.45) is -2.30. The van der Waals surface area contributed by atoms with Crippen LogP contribution >= 0.6 is 0 Å². The number of allylic oxidation sites excluding steroid dienone is 1. The van der Waals surface area contributed by atoms with Crippen molar-refractivity contribution < 1.29 is 27.9 Å². The number of aromatic carboxylic acids is 1. The van der Waals surface area contributed by atoms with Gasteiger partial charge in [-0.05, 0) is 19.1 Å². The number of carbonyl (C=O) groups is 2. The molecule has 10 heteroatoms. The van der Waals surface area contributed by atoms with Gasteiger partial charge in [-0.15, -0.1) is 0 Å². The smallest absolute Gasteiger partial charge is 0.412 e. The van der Waals surface area contributed by atoms with Gasteiger partial charge in [-0.3, -0.25) is 4.79 Å². The van der Waals surface area contributed by atoms with Gasteiger partial charge in [-0.2, -0.15) is 13.2 Å². The van der Waals surface area contributed by atoms with Crippen LogP contribution in [0.2, 0.25) is 0 Å². The minimum absolute atomic E-state index is 0.0131. The van der Waals surface area contributed by atoms with Gasteiger partial charge in [0.15, 0.2) is 0 Å². The number of carbonyl (C=O) groups excluding carboxylic acids is 1. The number of carboxylic acids is 1. The summed E-state index contributed by atoms with van der Waals surface area (Å²) >= 11 is 0. The number of benzene rings is 1. The number of halogens is 3. The standard InChI is InChI=1S/C20H17F3N4O3/c1-3-14-26-17(16-13(19(29)30)9-24-18(16)27-14)11-5-4-6-12(8-11)25-15(28)7-10(2)20(21,22)23/h4-9H,3H2,1-2H3,(H,25,28)(H,29,30)(H,24,26,27)/b10-7-. The maximum absolute atomic E-state index is 12.6. The molecule has 0 saturated heterocycles. The third kappa shape index (κ3) is 4.32. The lowest BCUT2D eigenvalue weighted by Gasteiger charge is -2.10. The fraction of sp³-hybridized carbons (Fsp3) is 0.200. The van der Waals surface area contributed by atoms with Crippen molar-refractivity contribution in [1.29, 1.82) is 0 Å². The maximum Gasteiger partial charge on any atom is 0.412 e. The summed E-state index contributed by atoms with van der Waals surface area (Å²) in [7, 11) is 0. The van der Waals surface area contributed by atoms with E-state index in [1.165, 1.54) is 18.3 Å². The second-order valence-electron chi connectivity index (χ2n) is 6.47. The molecule has 1 aromatic carbocycles. The van der Waals surface area contributed by atoms with Gasteiger partial charge in [0.1, 0.15) is 11.5 Å². The van der Waals surface area contributed by atoms with Crippen LogP contribution in [0, 0.1) is 0 Å². The van der Waals surface area contributed by atoms with Crippen molar-refractivity contribution >= 4 is 28.6 Å². The zero-order valence-corrected chi connectivity index (χ0v) is 16.0. The molecule has 0 aliphatic carbocycles. The first kappa shape index (κ1) is 21.0. The number of H-pyrrole nitrogens is 1. The fourth-order valence-corrected chi connectivity index (χ4v) is 2.82. The van der Waals surface area contributed by atoms with Gasteiger partial charge in [0.2, 0.25) is 5.91 Å². The van der Waals surface area contributed by atoms with Crippen molar-refractivity contribution in [2.45, 2.75) is 26.4 Å². The molecule has 0 fully saturated rings. The van der Waals surface area contributed by atoms with E-state index in [0.717, 1.165) is 6.92 Å². The van der Waals surface area contributed by atoms with Crippen molar-refractivity contribution in [3.63, 3.8) is 0 Å². The first-order valence-corrected chi connectivity index (χ1v) is 8.88. The Hall–Kier alpha value is -3.69. The van der Waals surface area contributed by atoms with Crippen LogP contribution in [0.25, 0.3) is 22.3 Å². The second-order valence-corrected chi connectivity index (χ2v) is 6.47. The highest BCUT2D eigenvalue weighted by Crippen LogP contribution is 2.31. The highest BCUT2D eigenvalue weighted by molar-refractivity contribution is 6.08. The Bertz CT molecular complexity index is 1170. The van der Waals surface area contributed by atoms with E-state index < -0.39 is 23.6 Å². The van der Waals surface area contributed by atoms with E-state index in [1.807, 2.05) is 6.92 Å². The molecule has 0 radical (unpaired) electrons. The van der Waals surface area contributed by atoms with Crippen molar-refractivity contribution in [3.8, 4) is 11.3 Å². The summed E-state index contributed by atoms with van der Waals surface area (Å²) in [6, 6.07) is 6.26. The number of carboxylic acid groups (broad SMARTS) is 1. The summed E-state index contributed by atoms with van der Waals surface area (Å²) in [5, 5.41) is 12.1. The summed E-state index contributed by atoms with van der Waals surface area (Å²) < 4.78 is 37.8. The first-order valence-electron chi connectivity index (χ1n) is 8.88. The summed E-state index contributed by atoms with van der Waals surface area (Å²) in [6.45, 7) is 2.65. The molecule has 0 spiro atoms. The zero-order chi connectivity index (χ0) is 22.1. The van der Waals surface area contributed by atoms with Gasteiger partial charge in [-0.25, -0.2) is 14.8 Å². The van der Waals surface area contributed by atoms with Crippen LogP contribution in [0.1, 0.15) is 30.0 Å². The molecule has 0 atom stereocenters. The molecular weight excluding hydrogens is 401 g/mol. The third-order valence-electron chi connectivity index (χ3n) is 4.32. The van der Waals surface area contributed by atoms with Crippen LogP contribution in [0.4, 0.5) is 18.9 Å². The predicted octanol–water partition coefficient (Wildman–Crippen LogP) is 4.33. The van der Waals surface area contributed by atoms with Gasteiger partial charge < -0.3 is 15.4 Å². The van der Waals surface area contributed by atoms with E-state index in [4.69, 9.17) is 0 Å². The number of anilines is 1. The molecule has 0 saturated carbocycles. The maximum atomic E-state index is 12.6. The fourth-order valence-electron chi connectivity index (χ4n) is 2.82. The Morgan fingerprint density at radius 2 is 2.00 bits per heavy atom. The number of amides is 1. The van der Waals surface area contributed by atoms with E-state index >= 15 is 0 Å². The second kappa shape index (κ2) is 7.97. The molecule has 0 aliphatic rings. The van der Waals surface area contributed by atoms with Crippen LogP contribution < -0.4 is 5.32 Å². The van der Waals surface area contributed by atoms with Crippen molar-refractivity contribution in [3.05, 3.63) is 53.5 Å². The highest BCUT2D eigenvalue weighted by atomic mass is 19.4. The average molecular weight is 418 g/mol. The number of aryl methyl sites for hydroxylation is 1. The minimum atomic E-state index is -4.59. The molecule has 30 heavy (non-hydrogen) atoms. The third-order valence-corrected chi connectivity index (χ3v) is 4.32. The SMILES string of the molecule is CCc1nc(-c2cccc(NC(=O)/C=C(/C)C(F)(F)F)c2)c2c(C(=O)O)c[nH]c2n1. The number of aromatic nitrogens is 3. The Kier molecular flexibility index (Phi) is 5.59. The van der Waals surface area contributed by atoms with Crippen molar-refractivity contribution in [2.24, 2.45) is 0 Å². The molecule has 3 aromatic rings. The van der Waals surface area contributed by atoms with Crippen LogP contribution in [0.5, 0.6) is 0 Å². The van der Waals surface area contributed by atoms with Gasteiger partial charge in [0.25, 0.3) is 0 Å². The summed E-state index contributed by atoms with van der Waals surface area (Å²) in [5.74, 6) is -1.61. The van der Waals surface area contributed by atoms with E-state index in [2.05, 4.69) is 20.3 Å². The van der Waals surface area contributed by atoms with Crippen LogP contribution in [0.15, 0.2) is 42.1 Å². The largest absolute Gasteiger partial charge is 0.478 e. The van der Waals surface area contributed by atoms with Gasteiger partial charge >= 0.3 is 12.1 Å². The number of fused-ring (bicyclic) bond motifs is 1. The topological polar surface area (TPSA) is 108 Å². The molecule has 1 amide bonds. The number of nitrogens with zero attached hydrogens (tertiary/aromatic N) is 2. The Morgan fingerprint density at radius 3 is 2.63 bits per heavy atom. The molecule has 0 bridgehead atoms. The molecule has 3 rings (SSSR count). The number of hydrogen-bond donors (Lipinski definition) is 3. The average Bonchev–Trinajstić information content (AvgIpc) is 3.10. The lowest BCUT2D eigenvalue weighted by molar-refractivity contribution is -0.113. The number of rotatable bonds is 5. The molecule has 0 aliphatic heterocycles. The molecule has 0 unspecified atom stereocenters. The lowest BCUT2D eigenvalue weighted by atomic mass is 10.1. The summed E-state index contributed by atoms with van der Waals surface area (Å²) in [4.78, 5) is 35.1. The van der Waals surface area contributed by atoms with E-state index in [-0.39, 0.29) is 11.3 Å². The Balaban J connectivity index is 2.04. The number of alkyl halides is 3. The van der Waals surface area contributed by atoms with Crippen LogP contribution in [-0.2, 0) is 11.2 Å². The molecule has 2 aromatic heterocycles. The molecule has 156 valence electrons. The van der Waals surface area contributed by atoms with Gasteiger partial charge in [0, 0.05) is 35.5 Å². The quantitative estimate of drug-likeness (QED) is 0.535. The number of aromatic amines is 1. The molecule has 2 heterocycles. The van der Waals surface area contributed by atoms with Crippen LogP contribution in [0.3, 0.4) is 0 Å². The van der Waals surface area contributed by atoms with Crippen molar-refractivity contribution in [1.82, 2.24) is 15.0 Å². The van der Waals surface area contributed by atoms with Gasteiger partial charge in [0.05, 0.1) is 16.6 Å². The van der Waals surface area contributed by atoms with E-state index in [9.17, 15) is 27.9 Å². The predicted molar refractivity (Wildman–Crippen MR) is 104 cm³/mol. The first-order chi connectivity index (χ1) is 14.1. The Morgan fingerprint density at radius 1 is 1.27 bits per heavy atom. The number of nitrogens with one attached hydrogen (secondary N) is 2. The monoisotopic (exact) mass is 418 g/mol. The Labute approximate surface area is 168 Å². The molecule has 3 N–H and O–H groups in total. The molecular formula is C20H17F3N4O3. The van der Waals surface area contributed by atoms with Crippen LogP contribution in [-0.4, -0.2) is 38.1 Å². The van der Waals surface area contributed by atoms with Crippen molar-refractivity contribution in [2.75, 3.05) is 5.32 Å². The number of hydrogen-bond acceptors (Lipinski definition) is 4.